The van der Waals surface area contributed by atoms with E-state index in [9.17, 15) is 4.79 Å². The Morgan fingerprint density at radius 3 is 2.48 bits per heavy atom. The largest absolute Gasteiger partial charge is 0.497 e. The quantitative estimate of drug-likeness (QED) is 0.611. The molecule has 0 aliphatic heterocycles. The van der Waals surface area contributed by atoms with Crippen LogP contribution >= 0.6 is 23.2 Å². The number of nitrogens with one attached hydrogen (secondary N) is 1. The van der Waals surface area contributed by atoms with Gasteiger partial charge in [0.05, 0.1) is 35.1 Å². The number of hydrogen-bond donors (Lipinski definition) is 1. The summed E-state index contributed by atoms with van der Waals surface area (Å²) in [5.41, 5.74) is 4.74. The number of aromatic nitrogens is 2. The topological polar surface area (TPSA) is 65.4 Å². The Morgan fingerprint density at radius 2 is 1.85 bits per heavy atom. The molecule has 3 aromatic rings. The molecule has 0 saturated carbocycles. The number of nitrogens with zero attached hydrogens (tertiary/aromatic N) is 2. The number of methoxy groups -OCH3 is 1. The molecule has 8 heteroatoms. The minimum Gasteiger partial charge on any atom is -0.497 e. The summed E-state index contributed by atoms with van der Waals surface area (Å²) in [5.74, 6) is 0.312. The lowest BCUT2D eigenvalue weighted by molar-refractivity contribution is 0.0357. The Balaban J connectivity index is 2.07. The molecule has 0 atom stereocenters. The van der Waals surface area contributed by atoms with Crippen molar-refractivity contribution < 1.29 is 14.4 Å². The molecule has 2 aromatic carbocycles. The zero-order chi connectivity index (χ0) is 19.4. The summed E-state index contributed by atoms with van der Waals surface area (Å²) < 4.78 is 6.67. The SMILES string of the molecule is CCONC(=O)c1cc(-c2ccc(OC)cc2)nn1-c1ccc(Cl)c(Cl)c1. The molecule has 140 valence electrons. The lowest BCUT2D eigenvalue weighted by atomic mass is 10.1. The van der Waals surface area contributed by atoms with Gasteiger partial charge in [-0.3, -0.25) is 9.63 Å². The molecular formula is C19H17Cl2N3O3. The van der Waals surface area contributed by atoms with Gasteiger partial charge in [0.1, 0.15) is 11.4 Å². The first-order chi connectivity index (χ1) is 13.0. The molecule has 1 heterocycles. The predicted molar refractivity (Wildman–Crippen MR) is 105 cm³/mol. The molecule has 1 N–H and O–H groups in total. The molecule has 0 fully saturated rings. The summed E-state index contributed by atoms with van der Waals surface area (Å²) in [5, 5.41) is 5.35. The van der Waals surface area contributed by atoms with E-state index in [-0.39, 0.29) is 0 Å². The smallest absolute Gasteiger partial charge is 0.293 e. The maximum atomic E-state index is 12.5. The van der Waals surface area contributed by atoms with Crippen molar-refractivity contribution >= 4 is 29.1 Å². The van der Waals surface area contributed by atoms with Crippen molar-refractivity contribution in [3.63, 3.8) is 0 Å². The molecule has 3 rings (SSSR count). The van der Waals surface area contributed by atoms with Gasteiger partial charge in [-0.05, 0) is 55.5 Å². The van der Waals surface area contributed by atoms with Crippen molar-refractivity contribution in [1.29, 1.82) is 0 Å². The van der Waals surface area contributed by atoms with Gasteiger partial charge in [0.25, 0.3) is 5.91 Å². The van der Waals surface area contributed by atoms with Crippen LogP contribution in [0.2, 0.25) is 10.0 Å². The first-order valence-corrected chi connectivity index (χ1v) is 8.91. The van der Waals surface area contributed by atoms with Gasteiger partial charge in [0, 0.05) is 5.56 Å². The Bertz CT molecular complexity index is 955. The van der Waals surface area contributed by atoms with E-state index in [1.54, 1.807) is 38.3 Å². The summed E-state index contributed by atoms with van der Waals surface area (Å²) in [6.45, 7) is 2.12. The first-order valence-electron chi connectivity index (χ1n) is 8.15. The number of amides is 1. The monoisotopic (exact) mass is 405 g/mol. The van der Waals surface area contributed by atoms with E-state index in [4.69, 9.17) is 32.8 Å². The van der Waals surface area contributed by atoms with Crippen molar-refractivity contribution in [2.24, 2.45) is 0 Å². The molecule has 0 aliphatic rings. The zero-order valence-electron chi connectivity index (χ0n) is 14.7. The van der Waals surface area contributed by atoms with Crippen LogP contribution in [0.3, 0.4) is 0 Å². The minimum absolute atomic E-state index is 0.299. The molecule has 1 aromatic heterocycles. The van der Waals surface area contributed by atoms with Gasteiger partial charge in [0.15, 0.2) is 0 Å². The van der Waals surface area contributed by atoms with Crippen LogP contribution in [0.15, 0.2) is 48.5 Å². The lowest BCUT2D eigenvalue weighted by Gasteiger charge is -2.08. The number of rotatable bonds is 6. The van der Waals surface area contributed by atoms with Crippen LogP contribution in [-0.4, -0.2) is 29.4 Å². The Labute approximate surface area is 166 Å². The highest BCUT2D eigenvalue weighted by Gasteiger charge is 2.18. The Morgan fingerprint density at radius 1 is 1.11 bits per heavy atom. The molecular weight excluding hydrogens is 389 g/mol. The third kappa shape index (κ3) is 4.24. The number of carbonyl (C=O) groups excluding carboxylic acids is 1. The maximum Gasteiger partial charge on any atom is 0.293 e. The molecule has 0 aliphatic carbocycles. The summed E-state index contributed by atoms with van der Waals surface area (Å²) >= 11 is 12.1. The van der Waals surface area contributed by atoms with Crippen molar-refractivity contribution in [2.45, 2.75) is 6.92 Å². The molecule has 27 heavy (non-hydrogen) atoms. The maximum absolute atomic E-state index is 12.5. The third-order valence-electron chi connectivity index (χ3n) is 3.78. The van der Waals surface area contributed by atoms with E-state index in [1.165, 1.54) is 4.68 Å². The molecule has 0 unspecified atom stereocenters. The normalized spacial score (nSPS) is 10.7. The van der Waals surface area contributed by atoms with Crippen LogP contribution in [-0.2, 0) is 4.84 Å². The van der Waals surface area contributed by atoms with E-state index in [1.807, 2.05) is 24.3 Å². The van der Waals surface area contributed by atoms with Crippen molar-refractivity contribution in [2.75, 3.05) is 13.7 Å². The van der Waals surface area contributed by atoms with Crippen LogP contribution in [0.4, 0.5) is 0 Å². The standard InChI is InChI=1S/C19H17Cl2N3O3/c1-3-27-23-19(25)18-11-17(12-4-7-14(26-2)8-5-12)22-24(18)13-6-9-15(20)16(21)10-13/h4-11H,3H2,1-2H3,(H,23,25). The van der Waals surface area contributed by atoms with Gasteiger partial charge in [0.2, 0.25) is 0 Å². The number of hydrogen-bond acceptors (Lipinski definition) is 4. The Kier molecular flexibility index (Phi) is 6.01. The molecule has 6 nitrogen and oxygen atoms in total. The van der Waals surface area contributed by atoms with Gasteiger partial charge in [-0.15, -0.1) is 0 Å². The van der Waals surface area contributed by atoms with Crippen LogP contribution < -0.4 is 10.2 Å². The molecule has 1 amide bonds. The van der Waals surface area contributed by atoms with E-state index < -0.39 is 5.91 Å². The third-order valence-corrected chi connectivity index (χ3v) is 4.52. The van der Waals surface area contributed by atoms with Gasteiger partial charge in [-0.25, -0.2) is 10.2 Å². The van der Waals surface area contributed by atoms with Crippen molar-refractivity contribution in [3.05, 3.63) is 64.3 Å². The number of hydroxylamine groups is 1. The Hall–Kier alpha value is -2.54. The van der Waals surface area contributed by atoms with Gasteiger partial charge in [-0.1, -0.05) is 23.2 Å². The second-order valence-electron chi connectivity index (χ2n) is 5.52. The number of benzene rings is 2. The number of ether oxygens (including phenoxy) is 1. The van der Waals surface area contributed by atoms with Crippen LogP contribution in [0, 0.1) is 0 Å². The highest BCUT2D eigenvalue weighted by atomic mass is 35.5. The zero-order valence-corrected chi connectivity index (χ0v) is 16.2. The van der Waals surface area contributed by atoms with Gasteiger partial charge in [-0.2, -0.15) is 5.10 Å². The minimum atomic E-state index is -0.421. The fourth-order valence-electron chi connectivity index (χ4n) is 2.45. The van der Waals surface area contributed by atoms with Gasteiger partial charge >= 0.3 is 0 Å². The first kappa shape index (κ1) is 19.2. The summed E-state index contributed by atoms with van der Waals surface area (Å²) in [7, 11) is 1.60. The van der Waals surface area contributed by atoms with E-state index in [2.05, 4.69) is 10.6 Å². The molecule has 0 radical (unpaired) electrons. The van der Waals surface area contributed by atoms with Crippen molar-refractivity contribution in [3.8, 4) is 22.7 Å². The van der Waals surface area contributed by atoms with Crippen LogP contribution in [0.5, 0.6) is 5.75 Å². The molecule has 0 saturated heterocycles. The highest BCUT2D eigenvalue weighted by molar-refractivity contribution is 6.42. The van der Waals surface area contributed by atoms with Gasteiger partial charge < -0.3 is 4.74 Å². The fraction of sp³-hybridized carbons (Fsp3) is 0.158. The summed E-state index contributed by atoms with van der Waals surface area (Å²) in [4.78, 5) is 17.5. The summed E-state index contributed by atoms with van der Waals surface area (Å²) in [6, 6.07) is 14.1. The van der Waals surface area contributed by atoms with E-state index >= 15 is 0 Å². The second kappa shape index (κ2) is 8.43. The van der Waals surface area contributed by atoms with Crippen LogP contribution in [0.1, 0.15) is 17.4 Å². The number of carbonyl (C=O) groups is 1. The second-order valence-corrected chi connectivity index (χ2v) is 6.33. The average molecular weight is 406 g/mol. The summed E-state index contributed by atoms with van der Waals surface area (Å²) in [6.07, 6.45) is 0. The number of halogens is 2. The van der Waals surface area contributed by atoms with Crippen LogP contribution in [0.25, 0.3) is 16.9 Å². The predicted octanol–water partition coefficient (Wildman–Crippen LogP) is 4.54. The highest BCUT2D eigenvalue weighted by Crippen LogP contribution is 2.27. The van der Waals surface area contributed by atoms with Crippen molar-refractivity contribution in [1.82, 2.24) is 15.3 Å². The van der Waals surface area contributed by atoms with E-state index in [0.717, 1.165) is 11.3 Å². The average Bonchev–Trinajstić information content (AvgIpc) is 3.14. The van der Waals surface area contributed by atoms with E-state index in [0.29, 0.717) is 33.7 Å². The fourth-order valence-corrected chi connectivity index (χ4v) is 2.74. The molecule has 0 bridgehead atoms. The molecule has 0 spiro atoms. The lowest BCUT2D eigenvalue weighted by Crippen LogP contribution is -2.26.